The number of hydrogen-bond donors (Lipinski definition) is 0. The van der Waals surface area contributed by atoms with Crippen LogP contribution in [0.2, 0.25) is 5.02 Å². The molecule has 0 amide bonds. The van der Waals surface area contributed by atoms with Crippen LogP contribution < -0.4 is 0 Å². The second-order valence-corrected chi connectivity index (χ2v) is 4.60. The summed E-state index contributed by atoms with van der Waals surface area (Å²) in [6.45, 7) is 1.82. The summed E-state index contributed by atoms with van der Waals surface area (Å²) in [6.07, 6.45) is 3.13. The first-order chi connectivity index (χ1) is 9.13. The number of halogens is 1. The fraction of sp³-hybridized carbons (Fsp3) is 0.133. The van der Waals surface area contributed by atoms with Crippen LogP contribution in [-0.2, 0) is 0 Å². The van der Waals surface area contributed by atoms with Gasteiger partial charge in [0.2, 0.25) is 0 Å². The van der Waals surface area contributed by atoms with Crippen molar-refractivity contribution in [3.8, 4) is 6.07 Å². The van der Waals surface area contributed by atoms with Crippen LogP contribution in [0.3, 0.4) is 0 Å². The topological polar surface area (TPSA) is 53.8 Å². The highest BCUT2D eigenvalue weighted by Gasteiger charge is 2.23. The monoisotopic (exact) mass is 270 g/mol. The van der Waals surface area contributed by atoms with Gasteiger partial charge in [0.1, 0.15) is 5.92 Å². The average Bonchev–Trinajstić information content (AvgIpc) is 2.43. The van der Waals surface area contributed by atoms with Crippen molar-refractivity contribution < 1.29 is 4.79 Å². The van der Waals surface area contributed by atoms with Crippen LogP contribution in [0.15, 0.2) is 42.7 Å². The Morgan fingerprint density at radius 2 is 2.00 bits per heavy atom. The Morgan fingerprint density at radius 3 is 2.63 bits per heavy atom. The fourth-order valence-electron chi connectivity index (χ4n) is 1.86. The number of aryl methyl sites for hydroxylation is 1. The van der Waals surface area contributed by atoms with Crippen LogP contribution in [-0.4, -0.2) is 10.8 Å². The van der Waals surface area contributed by atoms with E-state index in [-0.39, 0.29) is 5.78 Å². The summed E-state index contributed by atoms with van der Waals surface area (Å²) in [5.74, 6) is -1.08. The number of ketones is 1. The Morgan fingerprint density at radius 1 is 1.32 bits per heavy atom. The lowest BCUT2D eigenvalue weighted by Gasteiger charge is -2.10. The number of pyridine rings is 1. The lowest BCUT2D eigenvalue weighted by molar-refractivity contribution is 0.0978. The lowest BCUT2D eigenvalue weighted by Crippen LogP contribution is -2.12. The zero-order chi connectivity index (χ0) is 13.8. The van der Waals surface area contributed by atoms with Crippen LogP contribution in [0, 0.1) is 18.3 Å². The van der Waals surface area contributed by atoms with Gasteiger partial charge in [0.15, 0.2) is 5.78 Å². The quantitative estimate of drug-likeness (QED) is 0.802. The molecule has 0 aliphatic rings. The molecule has 0 bridgehead atoms. The van der Waals surface area contributed by atoms with E-state index in [2.05, 4.69) is 4.98 Å². The molecule has 3 nitrogen and oxygen atoms in total. The predicted molar refractivity (Wildman–Crippen MR) is 73.1 cm³/mol. The number of hydrogen-bond acceptors (Lipinski definition) is 3. The van der Waals surface area contributed by atoms with Crippen LogP contribution >= 0.6 is 11.6 Å². The molecule has 1 unspecified atom stereocenters. The van der Waals surface area contributed by atoms with Crippen molar-refractivity contribution in [1.29, 1.82) is 5.26 Å². The van der Waals surface area contributed by atoms with E-state index in [4.69, 9.17) is 11.6 Å². The summed E-state index contributed by atoms with van der Waals surface area (Å²) >= 11 is 5.91. The lowest BCUT2D eigenvalue weighted by atomic mass is 9.90. The molecular weight excluding hydrogens is 260 g/mol. The van der Waals surface area contributed by atoms with E-state index in [0.717, 1.165) is 5.56 Å². The molecule has 2 rings (SSSR count). The first-order valence-electron chi connectivity index (χ1n) is 5.73. The second kappa shape index (κ2) is 5.64. The van der Waals surface area contributed by atoms with Gasteiger partial charge < -0.3 is 0 Å². The van der Waals surface area contributed by atoms with Gasteiger partial charge in [-0.3, -0.25) is 9.78 Å². The van der Waals surface area contributed by atoms with E-state index in [1.807, 2.05) is 13.0 Å². The van der Waals surface area contributed by atoms with E-state index < -0.39 is 5.92 Å². The highest BCUT2D eigenvalue weighted by molar-refractivity contribution is 6.31. The zero-order valence-corrected chi connectivity index (χ0v) is 11.1. The maximum absolute atomic E-state index is 12.4. The molecule has 0 spiro atoms. The van der Waals surface area contributed by atoms with E-state index in [1.165, 1.54) is 0 Å². The number of carbonyl (C=O) groups is 1. The molecule has 2 aromatic rings. The number of aromatic nitrogens is 1. The number of nitriles is 1. The molecule has 19 heavy (non-hydrogen) atoms. The van der Waals surface area contributed by atoms with Gasteiger partial charge in [-0.2, -0.15) is 5.26 Å². The molecule has 1 aromatic carbocycles. The fourth-order valence-corrected chi connectivity index (χ4v) is 2.03. The normalized spacial score (nSPS) is 11.6. The van der Waals surface area contributed by atoms with E-state index in [9.17, 15) is 10.1 Å². The number of nitrogens with zero attached hydrogens (tertiary/aromatic N) is 2. The van der Waals surface area contributed by atoms with Crippen molar-refractivity contribution in [2.24, 2.45) is 0 Å². The minimum atomic E-state index is -0.833. The average molecular weight is 271 g/mol. The van der Waals surface area contributed by atoms with Crippen molar-refractivity contribution in [3.63, 3.8) is 0 Å². The Bertz CT molecular complexity index is 647. The van der Waals surface area contributed by atoms with Gasteiger partial charge >= 0.3 is 0 Å². The van der Waals surface area contributed by atoms with Crippen LogP contribution in [0.1, 0.15) is 27.4 Å². The van der Waals surface area contributed by atoms with Crippen LogP contribution in [0.5, 0.6) is 0 Å². The maximum Gasteiger partial charge on any atom is 0.184 e. The zero-order valence-electron chi connectivity index (χ0n) is 10.3. The van der Waals surface area contributed by atoms with E-state index in [1.54, 1.807) is 42.7 Å². The number of benzene rings is 1. The van der Waals surface area contributed by atoms with Crippen LogP contribution in [0.4, 0.5) is 0 Å². The van der Waals surface area contributed by atoms with Gasteiger partial charge in [0.05, 0.1) is 6.07 Å². The summed E-state index contributed by atoms with van der Waals surface area (Å²) < 4.78 is 0. The predicted octanol–water partition coefficient (Wildman–Crippen LogP) is 3.53. The third kappa shape index (κ3) is 2.81. The summed E-state index contributed by atoms with van der Waals surface area (Å²) in [6, 6.07) is 10.5. The number of rotatable bonds is 3. The molecule has 0 aliphatic heterocycles. The highest BCUT2D eigenvalue weighted by Crippen LogP contribution is 2.24. The molecule has 0 aliphatic carbocycles. The van der Waals surface area contributed by atoms with Crippen molar-refractivity contribution in [3.05, 3.63) is 64.4 Å². The Kier molecular flexibility index (Phi) is 3.94. The van der Waals surface area contributed by atoms with Crippen molar-refractivity contribution in [2.45, 2.75) is 12.8 Å². The minimum Gasteiger partial charge on any atom is -0.292 e. The molecule has 1 aromatic heterocycles. The van der Waals surface area contributed by atoms with Gasteiger partial charge in [0, 0.05) is 23.0 Å². The van der Waals surface area contributed by atoms with Gasteiger partial charge in [-0.15, -0.1) is 0 Å². The third-order valence-corrected chi connectivity index (χ3v) is 3.13. The Balaban J connectivity index is 2.43. The van der Waals surface area contributed by atoms with Crippen LogP contribution in [0.25, 0.3) is 0 Å². The first-order valence-corrected chi connectivity index (χ1v) is 6.11. The summed E-state index contributed by atoms with van der Waals surface area (Å²) in [5.41, 5.74) is 1.93. The molecule has 0 radical (unpaired) electrons. The Labute approximate surface area is 116 Å². The molecule has 4 heteroatoms. The molecule has 0 fully saturated rings. The van der Waals surface area contributed by atoms with Gasteiger partial charge in [-0.1, -0.05) is 17.7 Å². The van der Waals surface area contributed by atoms with E-state index >= 15 is 0 Å². The standard InChI is InChI=1S/C15H11ClN2O/c1-10-2-3-12(16)8-13(10)15(19)14(9-17)11-4-6-18-7-5-11/h2-8,14H,1H3. The molecule has 0 N–H and O–H groups in total. The molecular formula is C15H11ClN2O. The first kappa shape index (κ1) is 13.3. The largest absolute Gasteiger partial charge is 0.292 e. The van der Waals surface area contributed by atoms with E-state index in [0.29, 0.717) is 16.1 Å². The van der Waals surface area contributed by atoms with Gasteiger partial charge in [0.25, 0.3) is 0 Å². The van der Waals surface area contributed by atoms with Gasteiger partial charge in [-0.25, -0.2) is 0 Å². The second-order valence-electron chi connectivity index (χ2n) is 4.17. The smallest absolute Gasteiger partial charge is 0.184 e. The molecule has 0 saturated carbocycles. The highest BCUT2D eigenvalue weighted by atomic mass is 35.5. The Hall–Kier alpha value is -2.18. The van der Waals surface area contributed by atoms with Crippen molar-refractivity contribution >= 4 is 17.4 Å². The third-order valence-electron chi connectivity index (χ3n) is 2.90. The summed E-state index contributed by atoms with van der Waals surface area (Å²) in [4.78, 5) is 16.3. The molecule has 1 heterocycles. The molecule has 94 valence electrons. The number of Topliss-reactive ketones (excluding diaryl/α,β-unsaturated/α-hetero) is 1. The molecule has 0 saturated heterocycles. The van der Waals surface area contributed by atoms with Gasteiger partial charge in [-0.05, 0) is 42.3 Å². The molecule has 1 atom stereocenters. The SMILES string of the molecule is Cc1ccc(Cl)cc1C(=O)C(C#N)c1ccncc1. The van der Waals surface area contributed by atoms with Crippen molar-refractivity contribution in [2.75, 3.05) is 0 Å². The maximum atomic E-state index is 12.4. The summed E-state index contributed by atoms with van der Waals surface area (Å²) in [7, 11) is 0. The summed E-state index contributed by atoms with van der Waals surface area (Å²) in [5, 5.41) is 9.73. The minimum absolute atomic E-state index is 0.242. The van der Waals surface area contributed by atoms with Crippen molar-refractivity contribution in [1.82, 2.24) is 4.98 Å². The number of carbonyl (C=O) groups excluding carboxylic acids is 1.